The molecule has 0 heterocycles. The first-order chi connectivity index (χ1) is 12.6. The number of benzene rings is 2. The maximum atomic E-state index is 12.5. The van der Waals surface area contributed by atoms with Crippen molar-refractivity contribution in [2.75, 3.05) is 19.0 Å². The van der Waals surface area contributed by atoms with Crippen LogP contribution in [0.5, 0.6) is 0 Å². The SMILES string of the molecule is CN(C)c1ccc(N=Nc2cccc(C(=O)NC3CCCCC3)c2)cc1. The van der Waals surface area contributed by atoms with E-state index in [1.54, 1.807) is 6.07 Å². The molecule has 0 aromatic heterocycles. The van der Waals surface area contributed by atoms with E-state index in [2.05, 4.69) is 15.5 Å². The van der Waals surface area contributed by atoms with E-state index in [9.17, 15) is 4.79 Å². The molecular formula is C21H26N4O. The van der Waals surface area contributed by atoms with Gasteiger partial charge in [-0.1, -0.05) is 25.3 Å². The summed E-state index contributed by atoms with van der Waals surface area (Å²) in [5, 5.41) is 11.7. The van der Waals surface area contributed by atoms with Crippen molar-refractivity contribution in [3.8, 4) is 0 Å². The summed E-state index contributed by atoms with van der Waals surface area (Å²) in [6.07, 6.45) is 5.83. The summed E-state index contributed by atoms with van der Waals surface area (Å²) >= 11 is 0. The maximum Gasteiger partial charge on any atom is 0.251 e. The third kappa shape index (κ3) is 4.91. The van der Waals surface area contributed by atoms with E-state index in [0.717, 1.165) is 24.2 Å². The molecule has 1 aliphatic rings. The van der Waals surface area contributed by atoms with Crippen LogP contribution < -0.4 is 10.2 Å². The number of rotatable bonds is 5. The molecule has 1 saturated carbocycles. The summed E-state index contributed by atoms with van der Waals surface area (Å²) < 4.78 is 0. The van der Waals surface area contributed by atoms with Gasteiger partial charge in [0.05, 0.1) is 11.4 Å². The van der Waals surface area contributed by atoms with Gasteiger partial charge in [0, 0.05) is 31.4 Å². The number of hydrogen-bond acceptors (Lipinski definition) is 4. The van der Waals surface area contributed by atoms with Gasteiger partial charge in [0.1, 0.15) is 0 Å². The molecule has 1 fully saturated rings. The summed E-state index contributed by atoms with van der Waals surface area (Å²) in [7, 11) is 4.00. The molecule has 26 heavy (non-hydrogen) atoms. The van der Waals surface area contributed by atoms with Gasteiger partial charge in [-0.05, 0) is 55.3 Å². The molecule has 2 aromatic rings. The van der Waals surface area contributed by atoms with Crippen molar-refractivity contribution in [1.29, 1.82) is 0 Å². The number of hydrogen-bond donors (Lipinski definition) is 1. The minimum atomic E-state index is -0.0238. The van der Waals surface area contributed by atoms with Crippen LogP contribution in [0.2, 0.25) is 0 Å². The summed E-state index contributed by atoms with van der Waals surface area (Å²) in [4.78, 5) is 14.5. The first-order valence-electron chi connectivity index (χ1n) is 9.22. The zero-order valence-electron chi connectivity index (χ0n) is 15.5. The Hall–Kier alpha value is -2.69. The van der Waals surface area contributed by atoms with Crippen LogP contribution >= 0.6 is 0 Å². The molecule has 0 atom stereocenters. The summed E-state index contributed by atoms with van der Waals surface area (Å²) in [6.45, 7) is 0. The molecule has 0 saturated heterocycles. The van der Waals surface area contributed by atoms with Crippen LogP contribution in [0.3, 0.4) is 0 Å². The van der Waals surface area contributed by atoms with Gasteiger partial charge in [0.25, 0.3) is 5.91 Å². The number of azo groups is 1. The molecule has 0 spiro atoms. The largest absolute Gasteiger partial charge is 0.378 e. The van der Waals surface area contributed by atoms with E-state index in [1.165, 1.54) is 19.3 Å². The molecule has 0 bridgehead atoms. The number of nitrogens with zero attached hydrogens (tertiary/aromatic N) is 3. The first-order valence-corrected chi connectivity index (χ1v) is 9.22. The average molecular weight is 350 g/mol. The Kier molecular flexibility index (Phi) is 6.00. The van der Waals surface area contributed by atoms with E-state index in [0.29, 0.717) is 17.3 Å². The van der Waals surface area contributed by atoms with Gasteiger partial charge in [-0.3, -0.25) is 4.79 Å². The van der Waals surface area contributed by atoms with E-state index in [-0.39, 0.29) is 5.91 Å². The Morgan fingerprint density at radius 1 is 0.962 bits per heavy atom. The first kappa shape index (κ1) is 18.1. The zero-order valence-corrected chi connectivity index (χ0v) is 15.5. The Balaban J connectivity index is 1.65. The monoisotopic (exact) mass is 350 g/mol. The van der Waals surface area contributed by atoms with Gasteiger partial charge >= 0.3 is 0 Å². The fraction of sp³-hybridized carbons (Fsp3) is 0.381. The van der Waals surface area contributed by atoms with Crippen molar-refractivity contribution < 1.29 is 4.79 Å². The van der Waals surface area contributed by atoms with Crippen LogP contribution in [0, 0.1) is 0 Å². The zero-order chi connectivity index (χ0) is 18.4. The van der Waals surface area contributed by atoms with E-state index < -0.39 is 0 Å². The number of anilines is 1. The van der Waals surface area contributed by atoms with E-state index in [1.807, 2.05) is 61.5 Å². The standard InChI is InChI=1S/C21H26N4O/c1-25(2)20-13-11-18(12-14-20)23-24-19-10-6-7-16(15-19)21(26)22-17-8-4-3-5-9-17/h6-7,10-15,17H,3-5,8-9H2,1-2H3,(H,22,26). The van der Waals surface area contributed by atoms with Crippen molar-refractivity contribution >= 4 is 23.0 Å². The smallest absolute Gasteiger partial charge is 0.251 e. The lowest BCUT2D eigenvalue weighted by Gasteiger charge is -2.22. The van der Waals surface area contributed by atoms with Gasteiger partial charge in [0.2, 0.25) is 0 Å². The predicted molar refractivity (Wildman–Crippen MR) is 106 cm³/mol. The fourth-order valence-corrected chi connectivity index (χ4v) is 3.16. The van der Waals surface area contributed by atoms with Crippen molar-refractivity contribution in [3.63, 3.8) is 0 Å². The Labute approximate surface area is 155 Å². The van der Waals surface area contributed by atoms with Gasteiger partial charge in [-0.15, -0.1) is 0 Å². The summed E-state index contributed by atoms with van der Waals surface area (Å²) in [5.41, 5.74) is 3.21. The number of carbonyl (C=O) groups is 1. The minimum Gasteiger partial charge on any atom is -0.378 e. The number of carbonyl (C=O) groups excluding carboxylic acids is 1. The predicted octanol–water partition coefficient (Wildman–Crippen LogP) is 5.23. The van der Waals surface area contributed by atoms with Crippen LogP contribution in [-0.2, 0) is 0 Å². The van der Waals surface area contributed by atoms with Crippen molar-refractivity contribution in [2.45, 2.75) is 38.1 Å². The Morgan fingerprint density at radius 2 is 1.65 bits per heavy atom. The highest BCUT2D eigenvalue weighted by Crippen LogP contribution is 2.22. The van der Waals surface area contributed by atoms with Crippen LogP contribution in [0.25, 0.3) is 0 Å². The van der Waals surface area contributed by atoms with Crippen LogP contribution in [-0.4, -0.2) is 26.0 Å². The van der Waals surface area contributed by atoms with Gasteiger partial charge in [-0.25, -0.2) is 0 Å². The van der Waals surface area contributed by atoms with Gasteiger partial charge < -0.3 is 10.2 Å². The second kappa shape index (κ2) is 8.61. The maximum absolute atomic E-state index is 12.5. The van der Waals surface area contributed by atoms with Crippen molar-refractivity contribution in [2.24, 2.45) is 10.2 Å². The highest BCUT2D eigenvalue weighted by Gasteiger charge is 2.16. The van der Waals surface area contributed by atoms with Crippen LogP contribution in [0.4, 0.5) is 17.1 Å². The Morgan fingerprint density at radius 3 is 2.35 bits per heavy atom. The van der Waals surface area contributed by atoms with E-state index in [4.69, 9.17) is 0 Å². The lowest BCUT2D eigenvalue weighted by molar-refractivity contribution is 0.0927. The molecule has 0 radical (unpaired) electrons. The molecule has 1 N–H and O–H groups in total. The minimum absolute atomic E-state index is 0.0238. The van der Waals surface area contributed by atoms with Gasteiger partial charge in [-0.2, -0.15) is 10.2 Å². The molecule has 3 rings (SSSR count). The highest BCUT2D eigenvalue weighted by molar-refractivity contribution is 5.95. The molecule has 5 nitrogen and oxygen atoms in total. The van der Waals surface area contributed by atoms with E-state index >= 15 is 0 Å². The average Bonchev–Trinajstić information content (AvgIpc) is 2.67. The van der Waals surface area contributed by atoms with Gasteiger partial charge in [0.15, 0.2) is 0 Å². The molecular weight excluding hydrogens is 324 g/mol. The Bertz CT molecular complexity index is 762. The highest BCUT2D eigenvalue weighted by atomic mass is 16.1. The molecule has 0 unspecified atom stereocenters. The second-order valence-electron chi connectivity index (χ2n) is 6.97. The van der Waals surface area contributed by atoms with Crippen molar-refractivity contribution in [3.05, 3.63) is 54.1 Å². The summed E-state index contributed by atoms with van der Waals surface area (Å²) in [6, 6.07) is 15.5. The molecule has 0 aliphatic heterocycles. The third-order valence-electron chi connectivity index (χ3n) is 4.70. The molecule has 136 valence electrons. The second-order valence-corrected chi connectivity index (χ2v) is 6.97. The number of nitrogens with one attached hydrogen (secondary N) is 1. The normalized spacial score (nSPS) is 15.2. The van der Waals surface area contributed by atoms with Crippen LogP contribution in [0.1, 0.15) is 42.5 Å². The lowest BCUT2D eigenvalue weighted by Crippen LogP contribution is -2.36. The topological polar surface area (TPSA) is 57.1 Å². The lowest BCUT2D eigenvalue weighted by atomic mass is 9.95. The molecule has 5 heteroatoms. The quantitative estimate of drug-likeness (QED) is 0.751. The van der Waals surface area contributed by atoms with Crippen molar-refractivity contribution in [1.82, 2.24) is 5.32 Å². The molecule has 1 aliphatic carbocycles. The summed E-state index contributed by atoms with van der Waals surface area (Å²) in [5.74, 6) is -0.0238. The fourth-order valence-electron chi connectivity index (χ4n) is 3.16. The molecule has 2 aromatic carbocycles. The number of amides is 1. The third-order valence-corrected chi connectivity index (χ3v) is 4.70. The van der Waals surface area contributed by atoms with Crippen LogP contribution in [0.15, 0.2) is 58.8 Å². The molecule has 1 amide bonds.